The summed E-state index contributed by atoms with van der Waals surface area (Å²) in [6.45, 7) is 0. The molecule has 0 saturated carbocycles. The molecule has 0 spiro atoms. The van der Waals surface area contributed by atoms with Crippen LogP contribution in [0.5, 0.6) is 5.75 Å². The number of nitroso groups, excluding NO2 is 1. The van der Waals surface area contributed by atoms with Gasteiger partial charge >= 0.3 is 12.3 Å². The number of hydrogen-bond donors (Lipinski definition) is 1. The normalized spacial score (nSPS) is 10.9. The van der Waals surface area contributed by atoms with Gasteiger partial charge in [0.1, 0.15) is 5.75 Å². The maximum atomic E-state index is 12.1. The Kier molecular flexibility index (Phi) is 4.49. The molecule has 0 amide bonds. The van der Waals surface area contributed by atoms with E-state index < -0.39 is 18.1 Å². The number of carboxylic acids is 1. The zero-order valence-corrected chi connectivity index (χ0v) is 11.3. The summed E-state index contributed by atoms with van der Waals surface area (Å²) < 4.78 is 40.0. The Balaban J connectivity index is 2.23. The van der Waals surface area contributed by atoms with Crippen LogP contribution in [-0.4, -0.2) is 17.4 Å². The molecule has 2 rings (SSSR count). The molecule has 120 valence electrons. The molecule has 0 radical (unpaired) electrons. The van der Waals surface area contributed by atoms with Gasteiger partial charge in [0.2, 0.25) is 0 Å². The molecule has 0 atom stereocenters. The molecule has 0 aromatic heterocycles. The summed E-state index contributed by atoms with van der Waals surface area (Å²) in [5.74, 6) is -1.57. The first kappa shape index (κ1) is 16.3. The van der Waals surface area contributed by atoms with Crippen LogP contribution in [0.2, 0.25) is 0 Å². The van der Waals surface area contributed by atoms with Crippen LogP contribution in [-0.2, 0) is 0 Å². The molecule has 9 heteroatoms. The highest BCUT2D eigenvalue weighted by Crippen LogP contribution is 2.29. The Bertz CT molecular complexity index is 699. The lowest BCUT2D eigenvalue weighted by Crippen LogP contribution is -2.17. The fourth-order valence-corrected chi connectivity index (χ4v) is 1.78. The van der Waals surface area contributed by atoms with Gasteiger partial charge in [0.25, 0.3) is 0 Å². The highest BCUT2D eigenvalue weighted by Gasteiger charge is 2.31. The van der Waals surface area contributed by atoms with E-state index in [4.69, 9.17) is 5.11 Å². The van der Waals surface area contributed by atoms with E-state index in [9.17, 15) is 22.9 Å². The summed E-state index contributed by atoms with van der Waals surface area (Å²) in [6.07, 6.45) is -4.81. The van der Waals surface area contributed by atoms with Crippen LogP contribution in [0.1, 0.15) is 10.4 Å². The molecule has 0 fully saturated rings. The number of anilines is 2. The average Bonchev–Trinajstić information content (AvgIpc) is 2.49. The molecular formula is C14H9F3N2O4. The van der Waals surface area contributed by atoms with Gasteiger partial charge in [-0.1, -0.05) is 0 Å². The van der Waals surface area contributed by atoms with E-state index >= 15 is 0 Å². The molecule has 0 bridgehead atoms. The van der Waals surface area contributed by atoms with Gasteiger partial charge in [-0.2, -0.15) is 5.01 Å². The Hall–Kier alpha value is -3.10. The Morgan fingerprint density at radius 3 is 1.87 bits per heavy atom. The number of ether oxygens (including phenoxy) is 1. The number of alkyl halides is 3. The third kappa shape index (κ3) is 4.19. The topological polar surface area (TPSA) is 79.2 Å². The van der Waals surface area contributed by atoms with Gasteiger partial charge in [-0.25, -0.2) is 4.79 Å². The van der Waals surface area contributed by atoms with E-state index in [0.717, 1.165) is 17.1 Å². The number of carbonyl (C=O) groups is 1. The van der Waals surface area contributed by atoms with E-state index in [1.54, 1.807) is 0 Å². The van der Waals surface area contributed by atoms with Crippen molar-refractivity contribution >= 4 is 17.3 Å². The number of rotatable bonds is 5. The van der Waals surface area contributed by atoms with E-state index in [0.29, 0.717) is 0 Å². The monoisotopic (exact) mass is 326 g/mol. The predicted molar refractivity (Wildman–Crippen MR) is 74.5 cm³/mol. The summed E-state index contributed by atoms with van der Waals surface area (Å²) in [5, 5.41) is 12.5. The maximum Gasteiger partial charge on any atom is 0.573 e. The van der Waals surface area contributed by atoms with Crippen molar-refractivity contribution in [1.82, 2.24) is 0 Å². The predicted octanol–water partition coefficient (Wildman–Crippen LogP) is 4.10. The lowest BCUT2D eigenvalue weighted by Gasteiger charge is -2.16. The first-order chi connectivity index (χ1) is 10.8. The van der Waals surface area contributed by atoms with Crippen molar-refractivity contribution in [2.24, 2.45) is 5.29 Å². The molecule has 0 aliphatic carbocycles. The minimum atomic E-state index is -4.81. The first-order valence-corrected chi connectivity index (χ1v) is 6.13. The molecule has 1 N–H and O–H groups in total. The minimum Gasteiger partial charge on any atom is -0.478 e. The lowest BCUT2D eigenvalue weighted by atomic mass is 10.2. The van der Waals surface area contributed by atoms with Crippen LogP contribution < -0.4 is 9.75 Å². The van der Waals surface area contributed by atoms with Crippen molar-refractivity contribution in [3.05, 3.63) is 59.0 Å². The lowest BCUT2D eigenvalue weighted by molar-refractivity contribution is -0.274. The van der Waals surface area contributed by atoms with Crippen molar-refractivity contribution in [2.45, 2.75) is 6.36 Å². The van der Waals surface area contributed by atoms with Gasteiger partial charge in [0, 0.05) is 0 Å². The molecule has 0 aliphatic heterocycles. The highest BCUT2D eigenvalue weighted by atomic mass is 19.4. The van der Waals surface area contributed by atoms with Crippen LogP contribution in [0, 0.1) is 4.91 Å². The number of halogens is 3. The third-order valence-corrected chi connectivity index (χ3v) is 2.76. The van der Waals surface area contributed by atoms with Gasteiger partial charge < -0.3 is 9.84 Å². The summed E-state index contributed by atoms with van der Waals surface area (Å²) in [4.78, 5) is 21.8. The van der Waals surface area contributed by atoms with Crippen LogP contribution >= 0.6 is 0 Å². The zero-order valence-electron chi connectivity index (χ0n) is 11.3. The fourth-order valence-electron chi connectivity index (χ4n) is 1.78. The largest absolute Gasteiger partial charge is 0.573 e. The fraction of sp³-hybridized carbons (Fsp3) is 0.0714. The molecule has 2 aromatic rings. The molecule has 0 aliphatic rings. The van der Waals surface area contributed by atoms with Crippen molar-refractivity contribution in [2.75, 3.05) is 5.01 Å². The third-order valence-electron chi connectivity index (χ3n) is 2.76. The molecule has 0 heterocycles. The van der Waals surface area contributed by atoms with Crippen LogP contribution in [0.4, 0.5) is 24.5 Å². The summed E-state index contributed by atoms with van der Waals surface area (Å²) in [7, 11) is 0. The van der Waals surface area contributed by atoms with Gasteiger partial charge in [-0.3, -0.25) is 0 Å². The van der Waals surface area contributed by atoms with Crippen molar-refractivity contribution in [3.63, 3.8) is 0 Å². The van der Waals surface area contributed by atoms with Gasteiger partial charge in [0.15, 0.2) is 0 Å². The van der Waals surface area contributed by atoms with Crippen molar-refractivity contribution in [3.8, 4) is 5.75 Å². The molecule has 2 aromatic carbocycles. The SMILES string of the molecule is O=NN(c1ccc(OC(F)(F)F)cc1)c1ccc(C(=O)O)cc1. The van der Waals surface area contributed by atoms with Gasteiger partial charge in [-0.15, -0.1) is 18.1 Å². The second-order valence-corrected chi connectivity index (χ2v) is 4.29. The van der Waals surface area contributed by atoms with E-state index in [-0.39, 0.29) is 16.9 Å². The van der Waals surface area contributed by atoms with Crippen molar-refractivity contribution < 1.29 is 27.8 Å². The standard InChI is InChI=1S/C14H9F3N2O4/c15-14(16,17)23-12-7-5-11(6-8-12)19(18-22)10-3-1-9(2-4-10)13(20)21/h1-8H,(H,20,21). The van der Waals surface area contributed by atoms with Gasteiger partial charge in [-0.05, 0) is 48.5 Å². The Morgan fingerprint density at radius 2 is 1.48 bits per heavy atom. The Labute approximate surface area is 127 Å². The second-order valence-electron chi connectivity index (χ2n) is 4.29. The number of carboxylic acid groups (broad SMARTS) is 1. The maximum absolute atomic E-state index is 12.1. The average molecular weight is 326 g/mol. The summed E-state index contributed by atoms with van der Waals surface area (Å²) in [6, 6.07) is 9.75. The summed E-state index contributed by atoms with van der Waals surface area (Å²) in [5.41, 5.74) is 0.473. The first-order valence-electron chi connectivity index (χ1n) is 6.13. The quantitative estimate of drug-likeness (QED) is 0.661. The van der Waals surface area contributed by atoms with E-state index in [1.165, 1.54) is 36.4 Å². The van der Waals surface area contributed by atoms with Gasteiger partial charge in [0.05, 0.1) is 22.2 Å². The summed E-state index contributed by atoms with van der Waals surface area (Å²) >= 11 is 0. The molecule has 6 nitrogen and oxygen atoms in total. The van der Waals surface area contributed by atoms with E-state index in [2.05, 4.69) is 10.0 Å². The van der Waals surface area contributed by atoms with Crippen LogP contribution in [0.15, 0.2) is 53.8 Å². The number of hydrogen-bond acceptors (Lipinski definition) is 4. The van der Waals surface area contributed by atoms with Crippen LogP contribution in [0.25, 0.3) is 0 Å². The Morgan fingerprint density at radius 1 is 1.00 bits per heavy atom. The molecule has 23 heavy (non-hydrogen) atoms. The molecular weight excluding hydrogens is 317 g/mol. The number of aromatic carboxylic acids is 1. The molecule has 0 saturated heterocycles. The van der Waals surface area contributed by atoms with E-state index in [1.807, 2.05) is 0 Å². The second kappa shape index (κ2) is 6.34. The number of benzene rings is 2. The highest BCUT2D eigenvalue weighted by molar-refractivity contribution is 5.88. The minimum absolute atomic E-state index is 0.0218. The smallest absolute Gasteiger partial charge is 0.478 e. The number of nitrogens with zero attached hydrogens (tertiary/aromatic N) is 2. The van der Waals surface area contributed by atoms with Crippen LogP contribution in [0.3, 0.4) is 0 Å². The molecule has 0 unspecified atom stereocenters. The zero-order chi connectivity index (χ0) is 17.0. The van der Waals surface area contributed by atoms with Crippen molar-refractivity contribution in [1.29, 1.82) is 0 Å².